The van der Waals surface area contributed by atoms with Gasteiger partial charge in [-0.25, -0.2) is 12.1 Å². The minimum atomic E-state index is 0. The minimum Gasteiger partial charge on any atom is -0.748 e. The van der Waals surface area contributed by atoms with Crippen molar-refractivity contribution in [3.05, 3.63) is 60.2 Å². The molecule has 2 unspecified atom stereocenters. The van der Waals surface area contributed by atoms with Gasteiger partial charge in [-0.1, -0.05) is 0 Å². The summed E-state index contributed by atoms with van der Waals surface area (Å²) in [6.45, 7) is 0. The van der Waals surface area contributed by atoms with Crippen LogP contribution in [0.1, 0.15) is 11.0 Å². The van der Waals surface area contributed by atoms with Gasteiger partial charge in [0.15, 0.2) is 0 Å². The van der Waals surface area contributed by atoms with E-state index in [0.29, 0.717) is 5.40 Å². The molecule has 14 heavy (non-hydrogen) atoms. The molecule has 82 valence electrons. The first kappa shape index (κ1) is 14.1. The van der Waals surface area contributed by atoms with Crippen molar-refractivity contribution < 1.29 is 17.1 Å². The summed E-state index contributed by atoms with van der Waals surface area (Å²) in [5.74, 6) is 0. The van der Waals surface area contributed by atoms with E-state index in [9.17, 15) is 0 Å². The molecule has 2 atom stereocenters. The smallest absolute Gasteiger partial charge is 0 e. The van der Waals surface area contributed by atoms with Crippen molar-refractivity contribution in [1.29, 1.82) is 0 Å². The molecule has 0 radical (unpaired) electrons. The van der Waals surface area contributed by atoms with E-state index >= 15 is 0 Å². The maximum Gasteiger partial charge on any atom is 0 e. The van der Waals surface area contributed by atoms with Crippen LogP contribution in [-0.4, -0.2) is 0 Å². The zero-order chi connectivity index (χ0) is 9.52. The summed E-state index contributed by atoms with van der Waals surface area (Å²) in [7, 11) is 5.45. The Balaban J connectivity index is 0.000000246. The average molecular weight is 264 g/mol. The molecular formula is C11H14FeP2-6. The third-order valence-electron chi connectivity index (χ3n) is 1.63. The van der Waals surface area contributed by atoms with Gasteiger partial charge in [-0.2, -0.15) is 12.1 Å². The molecule has 0 saturated heterocycles. The van der Waals surface area contributed by atoms with Crippen molar-refractivity contribution in [3.8, 4) is 0 Å². The predicted octanol–water partition coefficient (Wildman–Crippen LogP) is 3.56. The molecule has 0 nitrogen and oxygen atoms in total. The van der Waals surface area contributed by atoms with Crippen LogP contribution in [0.15, 0.2) is 54.6 Å². The molecule has 0 bridgehead atoms. The van der Waals surface area contributed by atoms with Crippen molar-refractivity contribution in [2.75, 3.05) is 0 Å². The number of hydrogen-bond donors (Lipinski definition) is 0. The van der Waals surface area contributed by atoms with E-state index in [-0.39, 0.29) is 17.1 Å². The second-order valence-electron chi connectivity index (χ2n) is 2.71. The van der Waals surface area contributed by atoms with Gasteiger partial charge in [0, 0.05) is 17.1 Å². The van der Waals surface area contributed by atoms with Crippen LogP contribution < -0.4 is 0 Å². The Bertz CT molecular complexity index is 268. The molecule has 0 aliphatic carbocycles. The molecule has 0 aromatic heterocycles. The second kappa shape index (κ2) is 8.39. The molecular weight excluding hydrogens is 250 g/mol. The summed E-state index contributed by atoms with van der Waals surface area (Å²) in [5.41, 5.74) is 1.36. The first-order valence-corrected chi connectivity index (χ1v) is 5.53. The van der Waals surface area contributed by atoms with Crippen LogP contribution >= 0.6 is 18.5 Å². The van der Waals surface area contributed by atoms with Crippen molar-refractivity contribution in [1.82, 2.24) is 0 Å². The molecule has 0 heterocycles. The molecule has 0 amide bonds. The maximum atomic E-state index is 2.73. The summed E-state index contributed by atoms with van der Waals surface area (Å²) in [4.78, 5) is 0. The third kappa shape index (κ3) is 5.74. The van der Waals surface area contributed by atoms with Crippen molar-refractivity contribution in [2.45, 2.75) is 5.40 Å². The zero-order valence-corrected chi connectivity index (χ0v) is 11.2. The van der Waals surface area contributed by atoms with E-state index in [1.54, 1.807) is 0 Å². The predicted molar refractivity (Wildman–Crippen MR) is 66.2 cm³/mol. The SMILES string of the molecule is PC(P)[c-]1cccc1.[Fe].[cH-]1[cH-][cH-][cH-][cH-]1. The van der Waals surface area contributed by atoms with E-state index in [4.69, 9.17) is 0 Å². The van der Waals surface area contributed by atoms with Crippen molar-refractivity contribution in [2.24, 2.45) is 0 Å². The zero-order valence-electron chi connectivity index (χ0n) is 7.78. The van der Waals surface area contributed by atoms with Gasteiger partial charge in [0.25, 0.3) is 0 Å². The fraction of sp³-hybridized carbons (Fsp3) is 0.0909. The summed E-state index contributed by atoms with van der Waals surface area (Å²) in [6.07, 6.45) is 0. The summed E-state index contributed by atoms with van der Waals surface area (Å²) < 4.78 is 0. The third-order valence-corrected chi connectivity index (χ3v) is 2.40. The number of rotatable bonds is 1. The Morgan fingerprint density at radius 1 is 0.857 bits per heavy atom. The van der Waals surface area contributed by atoms with Crippen LogP contribution in [0, 0.1) is 0 Å². The van der Waals surface area contributed by atoms with Crippen LogP contribution in [0.5, 0.6) is 0 Å². The van der Waals surface area contributed by atoms with Gasteiger partial charge in [0.2, 0.25) is 0 Å². The molecule has 3 heteroatoms. The molecule has 0 fully saturated rings. The van der Waals surface area contributed by atoms with Gasteiger partial charge >= 0.3 is 0 Å². The second-order valence-corrected chi connectivity index (χ2v) is 4.91. The van der Waals surface area contributed by atoms with Gasteiger partial charge in [-0.3, -0.25) is 0 Å². The Hall–Kier alpha value is 0.0795. The Labute approximate surface area is 101 Å². The summed E-state index contributed by atoms with van der Waals surface area (Å²) in [5, 5.41) is 0.519. The fourth-order valence-corrected chi connectivity index (χ4v) is 1.38. The summed E-state index contributed by atoms with van der Waals surface area (Å²) in [6, 6.07) is 18.3. The maximum absolute atomic E-state index is 2.73. The van der Waals surface area contributed by atoms with Gasteiger partial charge in [0.1, 0.15) is 0 Å². The van der Waals surface area contributed by atoms with E-state index in [0.717, 1.165) is 0 Å². The van der Waals surface area contributed by atoms with Crippen molar-refractivity contribution in [3.63, 3.8) is 0 Å². The standard InChI is InChI=1S/C6H9P2.C5H5.Fe/c7-6(8)5-3-1-2-4-5;1-2-4-5-3-1;/h1-4,6H,7-8H2;1-5H;/q-1;-5;. The van der Waals surface area contributed by atoms with Crippen LogP contribution in [-0.2, 0) is 17.1 Å². The molecule has 2 aromatic rings. The molecule has 0 N–H and O–H groups in total. The monoisotopic (exact) mass is 264 g/mol. The fourth-order valence-electron chi connectivity index (χ4n) is 0.932. The Morgan fingerprint density at radius 2 is 1.21 bits per heavy atom. The minimum absolute atomic E-state index is 0. The van der Waals surface area contributed by atoms with Crippen LogP contribution in [0.2, 0.25) is 0 Å². The van der Waals surface area contributed by atoms with Gasteiger partial charge in [0.05, 0.1) is 0 Å². The first-order valence-electron chi connectivity index (χ1n) is 4.20. The van der Waals surface area contributed by atoms with E-state index in [2.05, 4.69) is 42.7 Å². The molecule has 0 aliphatic heterocycles. The van der Waals surface area contributed by atoms with E-state index in [1.165, 1.54) is 5.56 Å². The first-order chi connectivity index (χ1) is 6.30. The largest absolute Gasteiger partial charge is 0.748 e. The Kier molecular flexibility index (Phi) is 8.44. The average Bonchev–Trinajstić information content (AvgIpc) is 2.82. The number of hydrogen-bond acceptors (Lipinski definition) is 0. The van der Waals surface area contributed by atoms with Crippen molar-refractivity contribution >= 4 is 18.5 Å². The summed E-state index contributed by atoms with van der Waals surface area (Å²) >= 11 is 0. The molecule has 0 saturated carbocycles. The normalized spacial score (nSPS) is 8.79. The Morgan fingerprint density at radius 3 is 1.43 bits per heavy atom. The van der Waals surface area contributed by atoms with E-state index in [1.807, 2.05) is 30.3 Å². The van der Waals surface area contributed by atoms with Crippen LogP contribution in [0.3, 0.4) is 0 Å². The molecule has 0 aliphatic rings. The van der Waals surface area contributed by atoms with Gasteiger partial charge in [-0.15, -0.1) is 24.0 Å². The molecule has 2 rings (SSSR count). The van der Waals surface area contributed by atoms with Crippen LogP contribution in [0.4, 0.5) is 0 Å². The van der Waals surface area contributed by atoms with Gasteiger partial charge in [-0.05, 0) is 5.40 Å². The molecule has 2 aromatic carbocycles. The van der Waals surface area contributed by atoms with E-state index < -0.39 is 0 Å². The topological polar surface area (TPSA) is 0 Å². The quantitative estimate of drug-likeness (QED) is 0.419. The van der Waals surface area contributed by atoms with Gasteiger partial charge < -0.3 is 30.3 Å². The molecule has 0 spiro atoms. The van der Waals surface area contributed by atoms with Crippen LogP contribution in [0.25, 0.3) is 0 Å².